The Kier molecular flexibility index (Phi) is 3.30. The topological polar surface area (TPSA) is 68.2 Å². The molecule has 4 nitrogen and oxygen atoms in total. The molecule has 0 saturated heterocycles. The second-order valence-corrected chi connectivity index (χ2v) is 3.61. The van der Waals surface area contributed by atoms with Crippen molar-refractivity contribution in [1.29, 1.82) is 0 Å². The Morgan fingerprint density at radius 3 is 2.79 bits per heavy atom. The van der Waals surface area contributed by atoms with Crippen molar-refractivity contribution in [2.75, 3.05) is 12.3 Å². The van der Waals surface area contributed by atoms with Crippen LogP contribution in [0.4, 0.5) is 5.69 Å². The molecule has 0 spiro atoms. The Hall–Kier alpha value is -1.29. The van der Waals surface area contributed by atoms with Gasteiger partial charge in [0.25, 0.3) is 5.56 Å². The van der Waals surface area contributed by atoms with E-state index in [1.807, 2.05) is 6.92 Å². The Morgan fingerprint density at radius 2 is 2.21 bits per heavy atom. The Balaban J connectivity index is 3.07. The van der Waals surface area contributed by atoms with Gasteiger partial charge in [0.2, 0.25) is 0 Å². The van der Waals surface area contributed by atoms with Gasteiger partial charge in [0.05, 0.1) is 5.69 Å². The monoisotopic (exact) mass is 196 g/mol. The van der Waals surface area contributed by atoms with E-state index in [2.05, 4.69) is 0 Å². The van der Waals surface area contributed by atoms with Crippen molar-refractivity contribution in [3.05, 3.63) is 28.2 Å². The number of anilines is 1. The van der Waals surface area contributed by atoms with Crippen molar-refractivity contribution in [3.8, 4) is 0 Å². The summed E-state index contributed by atoms with van der Waals surface area (Å²) in [6.07, 6.45) is 0. The smallest absolute Gasteiger partial charge is 0.250 e. The van der Waals surface area contributed by atoms with Crippen LogP contribution in [0.25, 0.3) is 0 Å². The first kappa shape index (κ1) is 10.8. The summed E-state index contributed by atoms with van der Waals surface area (Å²) >= 11 is 0. The quantitative estimate of drug-likeness (QED) is 0.733. The van der Waals surface area contributed by atoms with Crippen molar-refractivity contribution in [3.63, 3.8) is 0 Å². The zero-order chi connectivity index (χ0) is 10.7. The molecule has 1 aromatic rings. The minimum atomic E-state index is -0.0722. The molecule has 14 heavy (non-hydrogen) atoms. The molecule has 3 N–H and O–H groups in total. The maximum atomic E-state index is 11.5. The van der Waals surface area contributed by atoms with Gasteiger partial charge in [0, 0.05) is 24.9 Å². The highest BCUT2D eigenvalue weighted by atomic mass is 16.3. The van der Waals surface area contributed by atoms with Crippen LogP contribution in [0.1, 0.15) is 12.6 Å². The summed E-state index contributed by atoms with van der Waals surface area (Å²) < 4.78 is 1.59. The molecule has 1 aromatic heterocycles. The van der Waals surface area contributed by atoms with E-state index < -0.39 is 0 Å². The number of aliphatic hydroxyl groups excluding tert-OH is 1. The zero-order valence-corrected chi connectivity index (χ0v) is 8.53. The van der Waals surface area contributed by atoms with Crippen LogP contribution in [-0.2, 0) is 6.54 Å². The molecule has 0 radical (unpaired) electrons. The first-order valence-electron chi connectivity index (χ1n) is 4.63. The molecule has 0 saturated carbocycles. The van der Waals surface area contributed by atoms with Crippen molar-refractivity contribution in [2.24, 2.45) is 5.92 Å². The number of aromatic nitrogens is 1. The molecule has 0 aromatic carbocycles. The van der Waals surface area contributed by atoms with Crippen LogP contribution in [-0.4, -0.2) is 16.3 Å². The number of rotatable bonds is 3. The number of hydrogen-bond donors (Lipinski definition) is 2. The zero-order valence-electron chi connectivity index (χ0n) is 8.53. The molecule has 0 aliphatic rings. The summed E-state index contributed by atoms with van der Waals surface area (Å²) in [5.74, 6) is 0.0631. The van der Waals surface area contributed by atoms with E-state index >= 15 is 0 Å². The first-order valence-corrected chi connectivity index (χ1v) is 4.63. The Bertz CT molecular complexity index is 371. The minimum absolute atomic E-state index is 0.0631. The summed E-state index contributed by atoms with van der Waals surface area (Å²) in [7, 11) is 0. The van der Waals surface area contributed by atoms with Gasteiger partial charge in [-0.25, -0.2) is 0 Å². The molecular formula is C10H16N2O2. The number of nitrogens with two attached hydrogens (primary N) is 1. The lowest BCUT2D eigenvalue weighted by Crippen LogP contribution is -2.26. The highest BCUT2D eigenvalue weighted by Crippen LogP contribution is 2.08. The normalized spacial score (nSPS) is 12.8. The van der Waals surface area contributed by atoms with Gasteiger partial charge in [-0.15, -0.1) is 0 Å². The fourth-order valence-electron chi connectivity index (χ4n) is 1.29. The van der Waals surface area contributed by atoms with Crippen LogP contribution in [0, 0.1) is 12.8 Å². The number of hydrogen-bond acceptors (Lipinski definition) is 3. The predicted molar refractivity (Wildman–Crippen MR) is 56.1 cm³/mol. The fourth-order valence-corrected chi connectivity index (χ4v) is 1.29. The third kappa shape index (κ3) is 2.14. The summed E-state index contributed by atoms with van der Waals surface area (Å²) in [4.78, 5) is 11.5. The summed E-state index contributed by atoms with van der Waals surface area (Å²) in [5.41, 5.74) is 6.98. The van der Waals surface area contributed by atoms with Crippen molar-refractivity contribution in [1.82, 2.24) is 4.57 Å². The largest absolute Gasteiger partial charge is 0.397 e. The highest BCUT2D eigenvalue weighted by molar-refractivity contribution is 5.41. The highest BCUT2D eigenvalue weighted by Gasteiger charge is 2.07. The lowest BCUT2D eigenvalue weighted by molar-refractivity contribution is 0.221. The average molecular weight is 196 g/mol. The number of aliphatic hydroxyl groups is 1. The van der Waals surface area contributed by atoms with Crippen molar-refractivity contribution < 1.29 is 5.11 Å². The Morgan fingerprint density at radius 1 is 1.57 bits per heavy atom. The van der Waals surface area contributed by atoms with Crippen molar-refractivity contribution in [2.45, 2.75) is 20.4 Å². The van der Waals surface area contributed by atoms with Gasteiger partial charge in [-0.3, -0.25) is 4.79 Å². The van der Waals surface area contributed by atoms with Gasteiger partial charge < -0.3 is 15.4 Å². The lowest BCUT2D eigenvalue weighted by atomic mass is 10.2. The van der Waals surface area contributed by atoms with Crippen LogP contribution in [0.2, 0.25) is 0 Å². The van der Waals surface area contributed by atoms with Gasteiger partial charge in [-0.1, -0.05) is 6.92 Å². The standard InChI is InChI=1S/C10H16N2O2/c1-7(6-13)5-12-8(2)9(11)3-4-10(12)14/h3-4,7,13H,5-6,11H2,1-2H3. The molecule has 1 atom stereocenters. The summed E-state index contributed by atoms with van der Waals surface area (Å²) in [6, 6.07) is 3.06. The summed E-state index contributed by atoms with van der Waals surface area (Å²) in [5, 5.41) is 8.90. The molecule has 4 heteroatoms. The van der Waals surface area contributed by atoms with Gasteiger partial charge in [-0.2, -0.15) is 0 Å². The van der Waals surface area contributed by atoms with Gasteiger partial charge in [0.1, 0.15) is 0 Å². The van der Waals surface area contributed by atoms with E-state index in [0.29, 0.717) is 12.2 Å². The third-order valence-electron chi connectivity index (χ3n) is 2.30. The van der Waals surface area contributed by atoms with E-state index in [1.54, 1.807) is 17.6 Å². The SMILES string of the molecule is Cc1c(N)ccc(=O)n1CC(C)CO. The number of nitrogen functional groups attached to an aromatic ring is 1. The third-order valence-corrected chi connectivity index (χ3v) is 2.30. The first-order chi connectivity index (χ1) is 6.56. The lowest BCUT2D eigenvalue weighted by Gasteiger charge is -2.14. The van der Waals surface area contributed by atoms with Crippen LogP contribution in [0.5, 0.6) is 0 Å². The number of pyridine rings is 1. The molecule has 0 aliphatic heterocycles. The second-order valence-electron chi connectivity index (χ2n) is 3.61. The van der Waals surface area contributed by atoms with Crippen LogP contribution in [0.3, 0.4) is 0 Å². The van der Waals surface area contributed by atoms with Crippen LogP contribution >= 0.6 is 0 Å². The molecule has 1 rings (SSSR count). The maximum Gasteiger partial charge on any atom is 0.250 e. The maximum absolute atomic E-state index is 11.5. The predicted octanol–water partition coefficient (Wildman–Crippen LogP) is 0.367. The van der Waals surface area contributed by atoms with Gasteiger partial charge >= 0.3 is 0 Å². The van der Waals surface area contributed by atoms with Crippen LogP contribution < -0.4 is 11.3 Å². The second kappa shape index (κ2) is 4.28. The molecule has 0 fully saturated rings. The van der Waals surface area contributed by atoms with Crippen molar-refractivity contribution >= 4 is 5.69 Å². The molecule has 1 heterocycles. The van der Waals surface area contributed by atoms with E-state index in [0.717, 1.165) is 5.69 Å². The molecular weight excluding hydrogens is 180 g/mol. The van der Waals surface area contributed by atoms with E-state index in [4.69, 9.17) is 10.8 Å². The summed E-state index contributed by atoms with van der Waals surface area (Å²) in [6.45, 7) is 4.27. The molecule has 78 valence electrons. The van der Waals surface area contributed by atoms with Gasteiger partial charge in [0.15, 0.2) is 0 Å². The Labute approximate surface area is 83.0 Å². The molecule has 1 unspecified atom stereocenters. The number of nitrogens with zero attached hydrogens (tertiary/aromatic N) is 1. The van der Waals surface area contributed by atoms with E-state index in [1.165, 1.54) is 6.07 Å². The molecule has 0 bridgehead atoms. The van der Waals surface area contributed by atoms with Crippen LogP contribution in [0.15, 0.2) is 16.9 Å². The fraction of sp³-hybridized carbons (Fsp3) is 0.500. The van der Waals surface area contributed by atoms with Gasteiger partial charge in [-0.05, 0) is 18.9 Å². The van der Waals surface area contributed by atoms with E-state index in [9.17, 15) is 4.79 Å². The molecule has 0 amide bonds. The molecule has 0 aliphatic carbocycles. The minimum Gasteiger partial charge on any atom is -0.397 e. The average Bonchev–Trinajstić information content (AvgIpc) is 2.18. The van der Waals surface area contributed by atoms with E-state index in [-0.39, 0.29) is 18.1 Å².